The summed E-state index contributed by atoms with van der Waals surface area (Å²) in [4.78, 5) is 0. The van der Waals surface area contributed by atoms with Gasteiger partial charge in [0.05, 0.1) is 0 Å². The molecule has 0 aliphatic heterocycles. The Bertz CT molecular complexity index is 596. The molecule has 25 heavy (non-hydrogen) atoms. The van der Waals surface area contributed by atoms with Crippen LogP contribution in [-0.2, 0) is 30.4 Å². The second-order valence-electron chi connectivity index (χ2n) is 2.70. The summed E-state index contributed by atoms with van der Waals surface area (Å²) in [7, 11) is -14.4. The standard InChI is InChI=1S/3CHCl3O3S.Al/c3*2-1(3,4)8(5,6)7;/h3*(H,5,6,7);/q;;;+3/p-3. The van der Waals surface area contributed by atoms with Crippen LogP contribution >= 0.6 is 104 Å². The first kappa shape index (κ1) is 35.3. The van der Waals surface area contributed by atoms with E-state index in [-0.39, 0.29) is 17.4 Å². The maximum absolute atomic E-state index is 9.70. The van der Waals surface area contributed by atoms with E-state index in [0.717, 1.165) is 0 Å². The average Bonchev–Trinajstić information content (AvgIpc) is 2.08. The zero-order valence-electron chi connectivity index (χ0n) is 10.4. The fourth-order valence-electron chi connectivity index (χ4n) is 0. The topological polar surface area (TPSA) is 172 Å². The van der Waals surface area contributed by atoms with Crippen molar-refractivity contribution in [2.45, 2.75) is 9.37 Å². The molecule has 0 aliphatic rings. The molecule has 0 aliphatic carbocycles. The molecule has 0 atom stereocenters. The first-order valence-electron chi connectivity index (χ1n) is 3.81. The molecular formula is C3AlCl9O9S3. The third kappa shape index (κ3) is 18.6. The van der Waals surface area contributed by atoms with E-state index in [9.17, 15) is 38.9 Å². The molecule has 0 unspecified atom stereocenters. The van der Waals surface area contributed by atoms with E-state index in [2.05, 4.69) is 104 Å². The molecule has 0 aromatic carbocycles. The molecule has 0 saturated carbocycles. The third-order valence-electron chi connectivity index (χ3n) is 0.850. The van der Waals surface area contributed by atoms with Gasteiger partial charge in [0.2, 0.25) is 0 Å². The molecule has 0 aromatic heterocycles. The van der Waals surface area contributed by atoms with Gasteiger partial charge in [-0.1, -0.05) is 104 Å². The monoisotopic (exact) mass is 618 g/mol. The Balaban J connectivity index is -0.000000130. The molecule has 150 valence electrons. The number of halogens is 9. The van der Waals surface area contributed by atoms with E-state index >= 15 is 0 Å². The minimum absolute atomic E-state index is 0. The molecular weight excluding hydrogens is 622 g/mol. The summed E-state index contributed by atoms with van der Waals surface area (Å²) in [6, 6.07) is 0. The Labute approximate surface area is 198 Å². The molecule has 9 nitrogen and oxygen atoms in total. The van der Waals surface area contributed by atoms with Gasteiger partial charge in [0.15, 0.2) is 0 Å². The minimum atomic E-state index is -4.79. The van der Waals surface area contributed by atoms with E-state index in [4.69, 9.17) is 0 Å². The largest absolute Gasteiger partial charge is 3.00 e. The number of rotatable bonds is 0. The SMILES string of the molecule is O=S(=O)([O-])C(Cl)(Cl)Cl.O=S(=O)([O-])C(Cl)(Cl)Cl.O=S(=O)([O-])C(Cl)(Cl)Cl.[Al+3]. The summed E-state index contributed by atoms with van der Waals surface area (Å²) < 4.78 is 79.1. The van der Waals surface area contributed by atoms with Crippen LogP contribution in [0.5, 0.6) is 0 Å². The molecule has 22 heteroatoms. The Kier molecular flexibility index (Phi) is 16.8. The van der Waals surface area contributed by atoms with Gasteiger partial charge in [0.1, 0.15) is 30.4 Å². The van der Waals surface area contributed by atoms with Gasteiger partial charge in [-0.3, -0.25) is 0 Å². The molecule has 0 bridgehead atoms. The summed E-state index contributed by atoms with van der Waals surface area (Å²) >= 11 is 41.8. The molecule has 0 spiro atoms. The second kappa shape index (κ2) is 11.9. The summed E-state index contributed by atoms with van der Waals surface area (Å²) in [5.74, 6) is 0. The zero-order valence-corrected chi connectivity index (χ0v) is 20.8. The van der Waals surface area contributed by atoms with Crippen LogP contribution in [0, 0.1) is 0 Å². The molecule has 0 heterocycles. The van der Waals surface area contributed by atoms with Crippen LogP contribution in [-0.4, -0.2) is 65.6 Å². The van der Waals surface area contributed by atoms with Crippen LogP contribution in [0.3, 0.4) is 0 Å². The maximum atomic E-state index is 9.70. The van der Waals surface area contributed by atoms with E-state index in [1.807, 2.05) is 0 Å². The predicted molar refractivity (Wildman–Crippen MR) is 95.7 cm³/mol. The van der Waals surface area contributed by atoms with Crippen molar-refractivity contribution in [3.8, 4) is 0 Å². The Hall–Kier alpha value is 2.87. The van der Waals surface area contributed by atoms with Gasteiger partial charge in [0.25, 0.3) is 9.37 Å². The average molecular weight is 622 g/mol. The third-order valence-corrected chi connectivity index (χ3v) is 7.65. The van der Waals surface area contributed by atoms with Crippen molar-refractivity contribution in [1.29, 1.82) is 0 Å². The van der Waals surface area contributed by atoms with Crippen molar-refractivity contribution in [2.24, 2.45) is 0 Å². The zero-order chi connectivity index (χ0) is 21.0. The molecule has 0 aromatic rings. The maximum Gasteiger partial charge on any atom is 3.00 e. The van der Waals surface area contributed by atoms with Crippen LogP contribution < -0.4 is 0 Å². The van der Waals surface area contributed by atoms with E-state index < -0.39 is 39.7 Å². The Morgan fingerprint density at radius 1 is 0.440 bits per heavy atom. The van der Waals surface area contributed by atoms with Crippen LogP contribution in [0.15, 0.2) is 0 Å². The van der Waals surface area contributed by atoms with Crippen molar-refractivity contribution in [3.63, 3.8) is 0 Å². The summed E-state index contributed by atoms with van der Waals surface area (Å²) in [5, 5.41) is 0. The number of hydrogen-bond donors (Lipinski definition) is 0. The van der Waals surface area contributed by atoms with Crippen LogP contribution in [0.4, 0.5) is 0 Å². The fraction of sp³-hybridized carbons (Fsp3) is 1.00. The normalized spacial score (nSPS) is 13.4. The van der Waals surface area contributed by atoms with Crippen molar-refractivity contribution < 1.29 is 38.9 Å². The van der Waals surface area contributed by atoms with Gasteiger partial charge in [0, 0.05) is 0 Å². The first-order chi connectivity index (χ1) is 9.75. The summed E-state index contributed by atoms with van der Waals surface area (Å²) in [6.45, 7) is 0. The van der Waals surface area contributed by atoms with E-state index in [1.165, 1.54) is 0 Å². The van der Waals surface area contributed by atoms with Gasteiger partial charge in [-0.15, -0.1) is 0 Å². The minimum Gasteiger partial charge on any atom is -0.745 e. The molecule has 0 N–H and O–H groups in total. The predicted octanol–water partition coefficient (Wildman–Crippen LogP) is 2.20. The molecule has 0 saturated heterocycles. The quantitative estimate of drug-likeness (QED) is 0.223. The first-order valence-corrected chi connectivity index (χ1v) is 11.4. The van der Waals surface area contributed by atoms with Crippen LogP contribution in [0.2, 0.25) is 0 Å². The smallest absolute Gasteiger partial charge is 0.745 e. The van der Waals surface area contributed by atoms with Crippen molar-refractivity contribution >= 4 is 152 Å². The van der Waals surface area contributed by atoms with E-state index in [1.54, 1.807) is 0 Å². The van der Waals surface area contributed by atoms with Gasteiger partial charge in [-0.05, 0) is 0 Å². The number of alkyl halides is 9. The summed E-state index contributed by atoms with van der Waals surface area (Å²) in [5.41, 5.74) is 0. The van der Waals surface area contributed by atoms with Crippen molar-refractivity contribution in [2.75, 3.05) is 0 Å². The van der Waals surface area contributed by atoms with E-state index in [0.29, 0.717) is 0 Å². The molecule has 0 radical (unpaired) electrons. The summed E-state index contributed by atoms with van der Waals surface area (Å²) in [6.07, 6.45) is 0. The number of hydrogen-bond acceptors (Lipinski definition) is 9. The van der Waals surface area contributed by atoms with Crippen molar-refractivity contribution in [1.82, 2.24) is 0 Å². The van der Waals surface area contributed by atoms with Crippen molar-refractivity contribution in [3.05, 3.63) is 0 Å². The fourth-order valence-corrected chi connectivity index (χ4v) is 0. The van der Waals surface area contributed by atoms with Gasteiger partial charge in [-0.25, -0.2) is 25.3 Å². The van der Waals surface area contributed by atoms with Gasteiger partial charge < -0.3 is 13.7 Å². The molecule has 0 rings (SSSR count). The van der Waals surface area contributed by atoms with Gasteiger partial charge in [-0.2, -0.15) is 0 Å². The van der Waals surface area contributed by atoms with Gasteiger partial charge >= 0.3 is 17.4 Å². The molecule has 0 fully saturated rings. The molecule has 0 amide bonds. The van der Waals surface area contributed by atoms with Crippen LogP contribution in [0.1, 0.15) is 0 Å². The Morgan fingerprint density at radius 2 is 0.480 bits per heavy atom. The second-order valence-corrected chi connectivity index (χ2v) is 16.1. The Morgan fingerprint density at radius 3 is 0.480 bits per heavy atom. The van der Waals surface area contributed by atoms with Crippen LogP contribution in [0.25, 0.3) is 0 Å².